The Bertz CT molecular complexity index is 896. The van der Waals surface area contributed by atoms with E-state index in [1.807, 2.05) is 18.2 Å². The summed E-state index contributed by atoms with van der Waals surface area (Å²) in [6.07, 6.45) is -0.738. The lowest BCUT2D eigenvalue weighted by molar-refractivity contribution is -0.139. The predicted molar refractivity (Wildman–Crippen MR) is 104 cm³/mol. The average molecular weight is 406 g/mol. The van der Waals surface area contributed by atoms with Crippen molar-refractivity contribution in [3.05, 3.63) is 66.0 Å². The van der Waals surface area contributed by atoms with Crippen LogP contribution >= 0.6 is 0 Å². The van der Waals surface area contributed by atoms with Gasteiger partial charge in [-0.1, -0.05) is 30.3 Å². The van der Waals surface area contributed by atoms with Gasteiger partial charge in [0, 0.05) is 26.2 Å². The molecule has 1 heterocycles. The average Bonchev–Trinajstić information content (AvgIpc) is 2.69. The first kappa shape index (κ1) is 20.3. The van der Waals surface area contributed by atoms with Gasteiger partial charge >= 0.3 is 0 Å². The molecule has 0 unspecified atom stereocenters. The van der Waals surface area contributed by atoms with Gasteiger partial charge in [0.25, 0.3) is 5.91 Å². The van der Waals surface area contributed by atoms with Gasteiger partial charge in [-0.25, -0.2) is 12.8 Å². The van der Waals surface area contributed by atoms with Crippen LogP contribution < -0.4 is 4.74 Å². The Morgan fingerprint density at radius 1 is 1.04 bits per heavy atom. The Hall–Kier alpha value is -2.45. The number of nitrogens with zero attached hydrogens (tertiary/aromatic N) is 2. The van der Waals surface area contributed by atoms with E-state index in [0.29, 0.717) is 18.8 Å². The highest BCUT2D eigenvalue weighted by molar-refractivity contribution is 7.88. The topological polar surface area (TPSA) is 66.9 Å². The van der Waals surface area contributed by atoms with E-state index in [-0.39, 0.29) is 30.6 Å². The van der Waals surface area contributed by atoms with Crippen LogP contribution in [0.1, 0.15) is 12.5 Å². The Morgan fingerprint density at radius 3 is 2.25 bits per heavy atom. The zero-order valence-corrected chi connectivity index (χ0v) is 16.4. The molecule has 6 nitrogen and oxygen atoms in total. The molecule has 0 bridgehead atoms. The zero-order valence-electron chi connectivity index (χ0n) is 15.6. The number of rotatable bonds is 6. The minimum Gasteiger partial charge on any atom is -0.481 e. The summed E-state index contributed by atoms with van der Waals surface area (Å²) in [5.74, 6) is -0.235. The number of piperazine rings is 1. The van der Waals surface area contributed by atoms with Crippen LogP contribution in [0.2, 0.25) is 0 Å². The molecule has 3 rings (SSSR count). The molecule has 8 heteroatoms. The SMILES string of the molecule is C[C@H](Oc1ccc(F)cc1)C(=O)N1CCN(S(=O)(=O)Cc2ccccc2)CC1. The lowest BCUT2D eigenvalue weighted by Gasteiger charge is -2.35. The molecule has 0 aromatic heterocycles. The second-order valence-corrected chi connectivity index (χ2v) is 8.65. The van der Waals surface area contributed by atoms with E-state index in [9.17, 15) is 17.6 Å². The van der Waals surface area contributed by atoms with E-state index in [2.05, 4.69) is 0 Å². The molecule has 1 atom stereocenters. The monoisotopic (exact) mass is 406 g/mol. The predicted octanol–water partition coefficient (Wildman–Crippen LogP) is 2.27. The summed E-state index contributed by atoms with van der Waals surface area (Å²) in [6, 6.07) is 14.5. The molecule has 1 fully saturated rings. The maximum Gasteiger partial charge on any atom is 0.263 e. The van der Waals surface area contributed by atoms with Gasteiger partial charge in [0.15, 0.2) is 6.10 Å². The van der Waals surface area contributed by atoms with Crippen molar-refractivity contribution in [2.45, 2.75) is 18.8 Å². The number of halogens is 1. The number of carbonyl (C=O) groups is 1. The van der Waals surface area contributed by atoms with Crippen molar-refractivity contribution in [1.29, 1.82) is 0 Å². The number of hydrogen-bond donors (Lipinski definition) is 0. The van der Waals surface area contributed by atoms with Crippen molar-refractivity contribution >= 4 is 15.9 Å². The molecular formula is C20H23FN2O4S. The van der Waals surface area contributed by atoms with E-state index in [1.165, 1.54) is 28.6 Å². The van der Waals surface area contributed by atoms with Crippen molar-refractivity contribution in [3.8, 4) is 5.75 Å². The minimum absolute atomic E-state index is 0.0497. The highest BCUT2D eigenvalue weighted by Crippen LogP contribution is 2.17. The quantitative estimate of drug-likeness (QED) is 0.738. The van der Waals surface area contributed by atoms with Crippen LogP contribution in [0.15, 0.2) is 54.6 Å². The van der Waals surface area contributed by atoms with Gasteiger partial charge in [0.05, 0.1) is 5.75 Å². The molecular weight excluding hydrogens is 383 g/mol. The molecule has 2 aromatic carbocycles. The van der Waals surface area contributed by atoms with Gasteiger partial charge in [-0.15, -0.1) is 0 Å². The Labute approximate surface area is 164 Å². The lowest BCUT2D eigenvalue weighted by atomic mass is 10.2. The van der Waals surface area contributed by atoms with Crippen LogP contribution in [0.4, 0.5) is 4.39 Å². The number of amides is 1. The number of ether oxygens (including phenoxy) is 1. The van der Waals surface area contributed by atoms with Crippen molar-refractivity contribution in [1.82, 2.24) is 9.21 Å². The summed E-state index contributed by atoms with van der Waals surface area (Å²) < 4.78 is 45.2. The van der Waals surface area contributed by atoms with Crippen molar-refractivity contribution < 1.29 is 22.3 Å². The van der Waals surface area contributed by atoms with Crippen LogP contribution in [0, 0.1) is 5.82 Å². The second-order valence-electron chi connectivity index (χ2n) is 6.68. The van der Waals surface area contributed by atoms with Crippen LogP contribution in [0.3, 0.4) is 0 Å². The maximum atomic E-state index is 13.0. The molecule has 1 amide bonds. The first-order valence-corrected chi connectivity index (χ1v) is 10.7. The molecule has 0 saturated carbocycles. The van der Waals surface area contributed by atoms with E-state index in [1.54, 1.807) is 24.0 Å². The Morgan fingerprint density at radius 2 is 1.64 bits per heavy atom. The summed E-state index contributed by atoms with van der Waals surface area (Å²) in [7, 11) is -3.43. The number of hydrogen-bond acceptors (Lipinski definition) is 4. The third-order valence-corrected chi connectivity index (χ3v) is 6.46. The summed E-state index contributed by atoms with van der Waals surface area (Å²) in [4.78, 5) is 14.2. The molecule has 0 N–H and O–H groups in total. The second kappa shape index (κ2) is 8.70. The fourth-order valence-electron chi connectivity index (χ4n) is 3.09. The highest BCUT2D eigenvalue weighted by atomic mass is 32.2. The summed E-state index contributed by atoms with van der Waals surface area (Å²) in [6.45, 7) is 2.76. The maximum absolute atomic E-state index is 13.0. The van der Waals surface area contributed by atoms with Crippen LogP contribution in [0.5, 0.6) is 5.75 Å². The van der Waals surface area contributed by atoms with E-state index >= 15 is 0 Å². The largest absolute Gasteiger partial charge is 0.481 e. The molecule has 0 radical (unpaired) electrons. The van der Waals surface area contributed by atoms with Gasteiger partial charge in [0.1, 0.15) is 11.6 Å². The van der Waals surface area contributed by atoms with Gasteiger partial charge < -0.3 is 9.64 Å². The smallest absolute Gasteiger partial charge is 0.263 e. The van der Waals surface area contributed by atoms with Crippen LogP contribution in [-0.2, 0) is 20.6 Å². The molecule has 1 aliphatic rings. The fraction of sp³-hybridized carbons (Fsp3) is 0.350. The van der Waals surface area contributed by atoms with E-state index in [0.717, 1.165) is 5.56 Å². The van der Waals surface area contributed by atoms with Gasteiger partial charge in [0.2, 0.25) is 10.0 Å². The van der Waals surface area contributed by atoms with Gasteiger partial charge in [-0.2, -0.15) is 4.31 Å². The first-order chi connectivity index (χ1) is 13.3. The van der Waals surface area contributed by atoms with Crippen molar-refractivity contribution in [3.63, 3.8) is 0 Å². The van der Waals surface area contributed by atoms with Crippen molar-refractivity contribution in [2.24, 2.45) is 0 Å². The third-order valence-electron chi connectivity index (χ3n) is 4.61. The van der Waals surface area contributed by atoms with E-state index < -0.39 is 16.1 Å². The number of carbonyl (C=O) groups excluding carboxylic acids is 1. The minimum atomic E-state index is -3.43. The van der Waals surface area contributed by atoms with Gasteiger partial charge in [-0.3, -0.25) is 4.79 Å². The molecule has 150 valence electrons. The Balaban J connectivity index is 1.54. The van der Waals surface area contributed by atoms with E-state index in [4.69, 9.17) is 4.74 Å². The Kier molecular flexibility index (Phi) is 6.31. The fourth-order valence-corrected chi connectivity index (χ4v) is 4.60. The van der Waals surface area contributed by atoms with Crippen LogP contribution in [-0.4, -0.2) is 55.8 Å². The van der Waals surface area contributed by atoms with Gasteiger partial charge in [-0.05, 0) is 36.8 Å². The molecule has 1 saturated heterocycles. The summed E-state index contributed by atoms with van der Waals surface area (Å²) >= 11 is 0. The molecule has 0 spiro atoms. The normalized spacial score (nSPS) is 16.6. The molecule has 0 aliphatic carbocycles. The highest BCUT2D eigenvalue weighted by Gasteiger charge is 2.31. The van der Waals surface area contributed by atoms with Crippen LogP contribution in [0.25, 0.3) is 0 Å². The summed E-state index contributed by atoms with van der Waals surface area (Å²) in [5.41, 5.74) is 0.738. The molecule has 2 aromatic rings. The first-order valence-electron chi connectivity index (χ1n) is 9.08. The summed E-state index contributed by atoms with van der Waals surface area (Å²) in [5, 5.41) is 0. The number of sulfonamides is 1. The standard InChI is InChI=1S/C20H23FN2O4S/c1-16(27-19-9-7-18(21)8-10-19)20(24)22-11-13-23(14-12-22)28(25,26)15-17-5-3-2-4-6-17/h2-10,16H,11-15H2,1H3/t16-/m0/s1. The lowest BCUT2D eigenvalue weighted by Crippen LogP contribution is -2.53. The molecule has 28 heavy (non-hydrogen) atoms. The third kappa shape index (κ3) is 5.08. The molecule has 1 aliphatic heterocycles. The zero-order chi connectivity index (χ0) is 20.1. The number of benzene rings is 2. The van der Waals surface area contributed by atoms with Crippen molar-refractivity contribution in [2.75, 3.05) is 26.2 Å².